The maximum absolute atomic E-state index is 12.4. The van der Waals surface area contributed by atoms with E-state index in [1.54, 1.807) is 18.5 Å². The number of imidazole rings is 1. The highest BCUT2D eigenvalue weighted by atomic mass is 16.5. The van der Waals surface area contributed by atoms with Gasteiger partial charge in [-0.25, -0.2) is 9.78 Å². The number of carbonyl (C=O) groups excluding carboxylic acids is 2. The number of carbonyl (C=O) groups is 2. The summed E-state index contributed by atoms with van der Waals surface area (Å²) in [4.78, 5) is 34.3. The van der Waals surface area contributed by atoms with Crippen molar-refractivity contribution in [2.45, 2.75) is 12.5 Å². The summed E-state index contributed by atoms with van der Waals surface area (Å²) in [5.41, 5.74) is 1.25. The first-order valence-corrected chi connectivity index (χ1v) is 7.12. The number of nitrogens with zero attached hydrogens (tertiary/aromatic N) is 1. The normalized spacial score (nSPS) is 12.0. The van der Waals surface area contributed by atoms with Crippen LogP contribution in [0.2, 0.25) is 0 Å². The number of para-hydroxylation sites is 1. The van der Waals surface area contributed by atoms with Gasteiger partial charge in [0.1, 0.15) is 17.6 Å². The molecule has 1 atom stereocenters. The topological polar surface area (TPSA) is 99.9 Å². The minimum Gasteiger partial charge on any atom is -0.467 e. The molecule has 2 heterocycles. The zero-order valence-corrected chi connectivity index (χ0v) is 12.5. The van der Waals surface area contributed by atoms with Gasteiger partial charge in [0.2, 0.25) is 0 Å². The second-order valence-corrected chi connectivity index (χ2v) is 5.06. The third-order valence-electron chi connectivity index (χ3n) is 3.52. The molecule has 0 fully saturated rings. The minimum absolute atomic E-state index is 0.228. The number of aromatic nitrogens is 3. The van der Waals surface area contributed by atoms with Crippen LogP contribution in [0.5, 0.6) is 0 Å². The van der Waals surface area contributed by atoms with E-state index in [1.807, 2.05) is 24.3 Å². The second-order valence-electron chi connectivity index (χ2n) is 5.06. The Morgan fingerprint density at radius 3 is 2.87 bits per heavy atom. The first-order chi connectivity index (χ1) is 11.2. The van der Waals surface area contributed by atoms with Crippen molar-refractivity contribution < 1.29 is 14.3 Å². The molecule has 0 saturated carbocycles. The smallest absolute Gasteiger partial charge is 0.328 e. The van der Waals surface area contributed by atoms with Gasteiger partial charge in [0.25, 0.3) is 5.91 Å². The van der Waals surface area contributed by atoms with Crippen LogP contribution in [-0.4, -0.2) is 40.0 Å². The van der Waals surface area contributed by atoms with Crippen molar-refractivity contribution in [3.05, 3.63) is 54.2 Å². The van der Waals surface area contributed by atoms with Gasteiger partial charge in [-0.1, -0.05) is 18.2 Å². The summed E-state index contributed by atoms with van der Waals surface area (Å²) >= 11 is 0. The number of amides is 1. The third kappa shape index (κ3) is 3.23. The van der Waals surface area contributed by atoms with Crippen LogP contribution < -0.4 is 5.32 Å². The lowest BCUT2D eigenvalue weighted by Crippen LogP contribution is -2.43. The van der Waals surface area contributed by atoms with Gasteiger partial charge in [-0.2, -0.15) is 0 Å². The van der Waals surface area contributed by atoms with Crippen molar-refractivity contribution in [1.29, 1.82) is 0 Å². The minimum atomic E-state index is -0.815. The van der Waals surface area contributed by atoms with E-state index in [0.717, 1.165) is 10.9 Å². The first kappa shape index (κ1) is 14.8. The molecule has 0 bridgehead atoms. The predicted molar refractivity (Wildman–Crippen MR) is 83.9 cm³/mol. The Bertz CT molecular complexity index is 790. The molecule has 0 aliphatic rings. The highest BCUT2D eigenvalue weighted by Crippen LogP contribution is 2.14. The predicted octanol–water partition coefficient (Wildman–Crippen LogP) is 1.41. The number of hydrogen-bond donors (Lipinski definition) is 3. The molecular formula is C16H16N4O3. The Labute approximate surface area is 132 Å². The quantitative estimate of drug-likeness (QED) is 0.620. The Morgan fingerprint density at radius 1 is 1.35 bits per heavy atom. The summed E-state index contributed by atoms with van der Waals surface area (Å²) in [5, 5.41) is 3.61. The number of aromatic amines is 2. The van der Waals surface area contributed by atoms with Crippen LogP contribution in [0.1, 0.15) is 16.3 Å². The lowest BCUT2D eigenvalue weighted by atomic mass is 10.2. The summed E-state index contributed by atoms with van der Waals surface area (Å²) in [6, 6.07) is 8.49. The molecule has 118 valence electrons. The average Bonchev–Trinajstić information content (AvgIpc) is 3.22. The summed E-state index contributed by atoms with van der Waals surface area (Å²) < 4.78 is 4.75. The van der Waals surface area contributed by atoms with Gasteiger partial charge in [0.15, 0.2) is 0 Å². The van der Waals surface area contributed by atoms with Gasteiger partial charge in [-0.05, 0) is 12.1 Å². The van der Waals surface area contributed by atoms with Crippen molar-refractivity contribution in [2.24, 2.45) is 0 Å². The van der Waals surface area contributed by atoms with E-state index in [4.69, 9.17) is 4.74 Å². The number of nitrogens with one attached hydrogen (secondary N) is 3. The highest BCUT2D eigenvalue weighted by molar-refractivity contribution is 5.99. The fraction of sp³-hybridized carbons (Fsp3) is 0.188. The van der Waals surface area contributed by atoms with Crippen LogP contribution in [-0.2, 0) is 16.0 Å². The molecule has 3 aromatic rings. The van der Waals surface area contributed by atoms with Gasteiger partial charge in [0, 0.05) is 29.7 Å². The zero-order chi connectivity index (χ0) is 16.2. The van der Waals surface area contributed by atoms with E-state index in [9.17, 15) is 9.59 Å². The molecule has 7 nitrogen and oxygen atoms in total. The summed E-state index contributed by atoms with van der Waals surface area (Å²) in [7, 11) is 1.28. The lowest BCUT2D eigenvalue weighted by Gasteiger charge is -2.14. The van der Waals surface area contributed by atoms with Crippen molar-refractivity contribution in [2.75, 3.05) is 7.11 Å². The fourth-order valence-corrected chi connectivity index (χ4v) is 2.37. The van der Waals surface area contributed by atoms with E-state index >= 15 is 0 Å². The lowest BCUT2D eigenvalue weighted by molar-refractivity contribution is -0.142. The second kappa shape index (κ2) is 6.35. The summed E-state index contributed by atoms with van der Waals surface area (Å²) in [6.07, 6.45) is 3.47. The standard InChI is InChI=1S/C16H16N4O3/c1-23-16(22)13(9-14-17-6-7-18-14)20-15(21)12-8-10-4-2-3-5-11(10)19-12/h2-8,13,19H,9H2,1H3,(H,17,18)(H,20,21). The van der Waals surface area contributed by atoms with Crippen molar-refractivity contribution in [3.8, 4) is 0 Å². The number of rotatable bonds is 5. The molecular weight excluding hydrogens is 296 g/mol. The third-order valence-corrected chi connectivity index (χ3v) is 3.52. The molecule has 1 aromatic carbocycles. The van der Waals surface area contributed by atoms with Gasteiger partial charge < -0.3 is 20.0 Å². The van der Waals surface area contributed by atoms with Crippen LogP contribution in [0.25, 0.3) is 10.9 Å². The number of H-pyrrole nitrogens is 2. The molecule has 0 aliphatic heterocycles. The zero-order valence-electron chi connectivity index (χ0n) is 12.5. The maximum atomic E-state index is 12.4. The van der Waals surface area contributed by atoms with E-state index in [1.165, 1.54) is 7.11 Å². The molecule has 3 N–H and O–H groups in total. The van der Waals surface area contributed by atoms with Crippen LogP contribution >= 0.6 is 0 Å². The number of ether oxygens (including phenoxy) is 1. The molecule has 0 aliphatic carbocycles. The largest absolute Gasteiger partial charge is 0.467 e. The molecule has 0 saturated heterocycles. The molecule has 0 spiro atoms. The van der Waals surface area contributed by atoms with Crippen LogP contribution in [0.4, 0.5) is 0 Å². The monoisotopic (exact) mass is 312 g/mol. The van der Waals surface area contributed by atoms with E-state index in [-0.39, 0.29) is 12.3 Å². The Kier molecular flexibility index (Phi) is 4.09. The number of hydrogen-bond acceptors (Lipinski definition) is 4. The maximum Gasteiger partial charge on any atom is 0.328 e. The van der Waals surface area contributed by atoms with Gasteiger partial charge in [0.05, 0.1) is 7.11 Å². The summed E-state index contributed by atoms with van der Waals surface area (Å²) in [6.45, 7) is 0. The molecule has 1 amide bonds. The SMILES string of the molecule is COC(=O)C(Cc1ncc[nH]1)NC(=O)c1cc2ccccc2[nH]1. The van der Waals surface area contributed by atoms with Gasteiger partial charge in [-0.15, -0.1) is 0 Å². The van der Waals surface area contributed by atoms with Crippen LogP contribution in [0, 0.1) is 0 Å². The average molecular weight is 312 g/mol. The number of methoxy groups -OCH3 is 1. The fourth-order valence-electron chi connectivity index (χ4n) is 2.37. The van der Waals surface area contributed by atoms with E-state index in [2.05, 4.69) is 20.3 Å². The van der Waals surface area contributed by atoms with Crippen molar-refractivity contribution >= 4 is 22.8 Å². The number of esters is 1. The highest BCUT2D eigenvalue weighted by Gasteiger charge is 2.24. The van der Waals surface area contributed by atoms with Crippen molar-refractivity contribution in [1.82, 2.24) is 20.3 Å². The van der Waals surface area contributed by atoms with Crippen molar-refractivity contribution in [3.63, 3.8) is 0 Å². The Morgan fingerprint density at radius 2 is 2.17 bits per heavy atom. The van der Waals surface area contributed by atoms with Crippen LogP contribution in [0.3, 0.4) is 0 Å². The van der Waals surface area contributed by atoms with Gasteiger partial charge in [-0.3, -0.25) is 4.79 Å². The molecule has 23 heavy (non-hydrogen) atoms. The first-order valence-electron chi connectivity index (χ1n) is 7.12. The van der Waals surface area contributed by atoms with E-state index in [0.29, 0.717) is 11.5 Å². The molecule has 3 rings (SSSR count). The molecule has 0 radical (unpaired) electrons. The number of benzene rings is 1. The Balaban J connectivity index is 1.78. The van der Waals surface area contributed by atoms with Crippen LogP contribution in [0.15, 0.2) is 42.7 Å². The Hall–Kier alpha value is -3.09. The summed E-state index contributed by atoms with van der Waals surface area (Å²) in [5.74, 6) is -0.300. The molecule has 7 heteroatoms. The molecule has 1 unspecified atom stereocenters. The van der Waals surface area contributed by atoms with E-state index < -0.39 is 12.0 Å². The van der Waals surface area contributed by atoms with Gasteiger partial charge >= 0.3 is 5.97 Å². The molecule has 2 aromatic heterocycles. The number of fused-ring (bicyclic) bond motifs is 1.